The van der Waals surface area contributed by atoms with Crippen molar-refractivity contribution in [2.75, 3.05) is 25.5 Å². The van der Waals surface area contributed by atoms with E-state index in [0.29, 0.717) is 38.3 Å². The Kier molecular flexibility index (Phi) is 7.53. The molecule has 0 saturated carbocycles. The topological polar surface area (TPSA) is 64.6 Å². The van der Waals surface area contributed by atoms with Crippen LogP contribution in [0.5, 0.6) is 11.5 Å². The van der Waals surface area contributed by atoms with Crippen LogP contribution in [-0.2, 0) is 16.4 Å². The minimum Gasteiger partial charge on any atom is -0.490 e. The summed E-state index contributed by atoms with van der Waals surface area (Å²) in [7, 11) is -3.14. The fraction of sp³-hybridized carbons (Fsp3) is 0.600. The summed E-state index contributed by atoms with van der Waals surface area (Å²) < 4.78 is 36.8. The van der Waals surface area contributed by atoms with Crippen molar-refractivity contribution in [1.82, 2.24) is 4.72 Å². The molecule has 0 radical (unpaired) electrons. The lowest BCUT2D eigenvalue weighted by molar-refractivity contribution is 0.287. The van der Waals surface area contributed by atoms with Gasteiger partial charge in [0, 0.05) is 6.54 Å². The molecule has 0 fully saturated rings. The van der Waals surface area contributed by atoms with E-state index in [2.05, 4.69) is 4.72 Å². The van der Waals surface area contributed by atoms with E-state index in [4.69, 9.17) is 9.47 Å². The lowest BCUT2D eigenvalue weighted by atomic mass is 10.1. The molecule has 1 aromatic carbocycles. The fourth-order valence-corrected chi connectivity index (χ4v) is 3.04. The molecule has 0 spiro atoms. The molecule has 0 aromatic heterocycles. The number of benzene rings is 1. The zero-order valence-electron chi connectivity index (χ0n) is 13.0. The van der Waals surface area contributed by atoms with Gasteiger partial charge >= 0.3 is 0 Å². The van der Waals surface area contributed by atoms with E-state index in [1.54, 1.807) is 0 Å². The molecule has 1 rings (SSSR count). The molecule has 1 N–H and O–H groups in total. The Morgan fingerprint density at radius 1 is 1.05 bits per heavy atom. The summed E-state index contributed by atoms with van der Waals surface area (Å²) in [5.74, 6) is 1.59. The molecule has 0 bridgehead atoms. The Morgan fingerprint density at radius 3 is 2.33 bits per heavy atom. The fourth-order valence-electron chi connectivity index (χ4n) is 1.94. The number of hydrogen-bond donors (Lipinski definition) is 1. The van der Waals surface area contributed by atoms with E-state index in [1.165, 1.54) is 0 Å². The van der Waals surface area contributed by atoms with Crippen molar-refractivity contribution >= 4 is 10.0 Å². The smallest absolute Gasteiger partial charge is 0.211 e. The normalized spacial score (nSPS) is 11.4. The third kappa shape index (κ3) is 6.35. The summed E-state index contributed by atoms with van der Waals surface area (Å²) in [6, 6.07) is 5.70. The molecule has 0 aliphatic carbocycles. The third-order valence-corrected chi connectivity index (χ3v) is 4.41. The first-order chi connectivity index (χ1) is 10.0. The molecule has 1 aromatic rings. The second-order valence-corrected chi connectivity index (χ2v) is 6.54. The highest BCUT2D eigenvalue weighted by molar-refractivity contribution is 7.89. The lowest BCUT2D eigenvalue weighted by Gasteiger charge is -2.12. The van der Waals surface area contributed by atoms with Crippen LogP contribution in [0, 0.1) is 0 Å². The van der Waals surface area contributed by atoms with Gasteiger partial charge in [0.2, 0.25) is 10.0 Å². The molecule has 0 aliphatic rings. The van der Waals surface area contributed by atoms with E-state index in [1.807, 2.05) is 39.0 Å². The highest BCUT2D eigenvalue weighted by Crippen LogP contribution is 2.28. The SMILES string of the molecule is CCCS(=O)(=O)NCCc1ccc(OCC)c(OCC)c1. The van der Waals surface area contributed by atoms with Gasteiger partial charge in [0.1, 0.15) is 0 Å². The van der Waals surface area contributed by atoms with E-state index >= 15 is 0 Å². The largest absolute Gasteiger partial charge is 0.490 e. The second kappa shape index (κ2) is 8.89. The summed E-state index contributed by atoms with van der Waals surface area (Å²) in [4.78, 5) is 0. The first-order valence-electron chi connectivity index (χ1n) is 7.38. The highest BCUT2D eigenvalue weighted by Gasteiger charge is 2.09. The monoisotopic (exact) mass is 315 g/mol. The predicted octanol–water partition coefficient (Wildman–Crippen LogP) is 2.36. The van der Waals surface area contributed by atoms with Crippen molar-refractivity contribution in [3.8, 4) is 11.5 Å². The van der Waals surface area contributed by atoms with Crippen molar-refractivity contribution in [3.05, 3.63) is 23.8 Å². The van der Waals surface area contributed by atoms with E-state index in [9.17, 15) is 8.42 Å². The Labute approximate surface area is 127 Å². The Morgan fingerprint density at radius 2 is 1.71 bits per heavy atom. The molecule has 6 heteroatoms. The van der Waals surface area contributed by atoms with Gasteiger partial charge in [-0.2, -0.15) is 0 Å². The number of hydrogen-bond acceptors (Lipinski definition) is 4. The van der Waals surface area contributed by atoms with Crippen LogP contribution in [0.15, 0.2) is 18.2 Å². The molecule has 0 unspecified atom stereocenters. The number of nitrogens with one attached hydrogen (secondary N) is 1. The van der Waals surface area contributed by atoms with Gasteiger partial charge in [-0.05, 0) is 44.4 Å². The Balaban J connectivity index is 2.65. The molecule has 0 saturated heterocycles. The van der Waals surface area contributed by atoms with Crippen molar-refractivity contribution in [2.24, 2.45) is 0 Å². The van der Waals surface area contributed by atoms with Crippen molar-refractivity contribution in [1.29, 1.82) is 0 Å². The standard InChI is InChI=1S/C15H25NO4S/c1-4-11-21(17,18)16-10-9-13-7-8-14(19-5-2)15(12-13)20-6-3/h7-8,12,16H,4-6,9-11H2,1-3H3. The summed E-state index contributed by atoms with van der Waals surface area (Å²) in [6.07, 6.45) is 1.24. The second-order valence-electron chi connectivity index (χ2n) is 4.61. The maximum Gasteiger partial charge on any atom is 0.211 e. The average Bonchev–Trinajstić information content (AvgIpc) is 2.42. The van der Waals surface area contributed by atoms with Crippen LogP contribution in [0.4, 0.5) is 0 Å². The van der Waals surface area contributed by atoms with Crippen LogP contribution < -0.4 is 14.2 Å². The number of sulfonamides is 1. The van der Waals surface area contributed by atoms with Gasteiger partial charge in [0.15, 0.2) is 11.5 Å². The van der Waals surface area contributed by atoms with Crippen molar-refractivity contribution in [2.45, 2.75) is 33.6 Å². The number of ether oxygens (including phenoxy) is 2. The first-order valence-corrected chi connectivity index (χ1v) is 9.03. The molecule has 21 heavy (non-hydrogen) atoms. The summed E-state index contributed by atoms with van der Waals surface area (Å²) in [6.45, 7) is 7.22. The zero-order chi connectivity index (χ0) is 15.7. The molecule has 0 aliphatic heterocycles. The zero-order valence-corrected chi connectivity index (χ0v) is 13.8. The molecule has 0 atom stereocenters. The predicted molar refractivity (Wildman–Crippen MR) is 84.6 cm³/mol. The molecule has 120 valence electrons. The van der Waals surface area contributed by atoms with Crippen molar-refractivity contribution in [3.63, 3.8) is 0 Å². The minimum atomic E-state index is -3.14. The van der Waals surface area contributed by atoms with Crippen LogP contribution in [-0.4, -0.2) is 33.9 Å². The maximum atomic E-state index is 11.6. The van der Waals surface area contributed by atoms with Crippen LogP contribution in [0.2, 0.25) is 0 Å². The summed E-state index contributed by atoms with van der Waals surface area (Å²) in [5.41, 5.74) is 1.01. The van der Waals surface area contributed by atoms with E-state index in [-0.39, 0.29) is 5.75 Å². The van der Waals surface area contributed by atoms with Crippen LogP contribution in [0.3, 0.4) is 0 Å². The molecule has 0 heterocycles. The van der Waals surface area contributed by atoms with Gasteiger partial charge in [-0.3, -0.25) is 0 Å². The summed E-state index contributed by atoms with van der Waals surface area (Å²) >= 11 is 0. The van der Waals surface area contributed by atoms with E-state index < -0.39 is 10.0 Å². The van der Waals surface area contributed by atoms with Gasteiger partial charge in [-0.1, -0.05) is 13.0 Å². The van der Waals surface area contributed by atoms with Crippen LogP contribution in [0.1, 0.15) is 32.8 Å². The number of rotatable bonds is 10. The van der Waals surface area contributed by atoms with Gasteiger partial charge in [0.25, 0.3) is 0 Å². The maximum absolute atomic E-state index is 11.6. The first kappa shape index (κ1) is 17.8. The molecule has 0 amide bonds. The van der Waals surface area contributed by atoms with E-state index in [0.717, 1.165) is 11.3 Å². The minimum absolute atomic E-state index is 0.167. The molecule has 5 nitrogen and oxygen atoms in total. The molecular formula is C15H25NO4S. The van der Waals surface area contributed by atoms with Gasteiger partial charge < -0.3 is 9.47 Å². The van der Waals surface area contributed by atoms with Gasteiger partial charge in [0.05, 0.1) is 19.0 Å². The summed E-state index contributed by atoms with van der Waals surface area (Å²) in [5, 5.41) is 0. The Bertz CT molecular complexity index is 528. The quantitative estimate of drug-likeness (QED) is 0.720. The third-order valence-electron chi connectivity index (χ3n) is 2.82. The van der Waals surface area contributed by atoms with Gasteiger partial charge in [-0.15, -0.1) is 0 Å². The van der Waals surface area contributed by atoms with Crippen LogP contribution in [0.25, 0.3) is 0 Å². The average molecular weight is 315 g/mol. The van der Waals surface area contributed by atoms with Crippen molar-refractivity contribution < 1.29 is 17.9 Å². The highest BCUT2D eigenvalue weighted by atomic mass is 32.2. The van der Waals surface area contributed by atoms with Gasteiger partial charge in [-0.25, -0.2) is 13.1 Å². The Hall–Kier alpha value is -1.27. The molecular weight excluding hydrogens is 290 g/mol. The van der Waals surface area contributed by atoms with Crippen LogP contribution >= 0.6 is 0 Å². The lowest BCUT2D eigenvalue weighted by Crippen LogP contribution is -2.28.